The van der Waals surface area contributed by atoms with Crippen LogP contribution in [0.1, 0.15) is 29.3 Å². The molecule has 2 rings (SSSR count). The van der Waals surface area contributed by atoms with E-state index >= 15 is 0 Å². The molecule has 1 heterocycles. The molecule has 0 aliphatic carbocycles. The second-order valence-corrected chi connectivity index (χ2v) is 5.51. The van der Waals surface area contributed by atoms with E-state index in [2.05, 4.69) is 4.98 Å². The van der Waals surface area contributed by atoms with Gasteiger partial charge in [-0.15, -0.1) is 11.3 Å². The highest BCUT2D eigenvalue weighted by molar-refractivity contribution is 7.12. The molecule has 1 unspecified atom stereocenters. The monoisotopic (exact) mass is 291 g/mol. The highest BCUT2D eigenvalue weighted by Gasteiger charge is 2.20. The number of carboxylic acid groups (broad SMARTS) is 1. The molecular weight excluding hydrogens is 274 g/mol. The molecule has 20 heavy (non-hydrogen) atoms. The minimum Gasteiger partial charge on any atom is -0.481 e. The van der Waals surface area contributed by atoms with Crippen molar-refractivity contribution in [1.29, 1.82) is 0 Å². The lowest BCUT2D eigenvalue weighted by Crippen LogP contribution is -1.99. The summed E-state index contributed by atoms with van der Waals surface area (Å²) in [5, 5.41) is 9.89. The van der Waals surface area contributed by atoms with Crippen LogP contribution in [0, 0.1) is 0 Å². The second-order valence-electron chi connectivity index (χ2n) is 4.39. The number of carbonyl (C=O) groups is 1. The van der Waals surface area contributed by atoms with Crippen LogP contribution in [0.5, 0.6) is 0 Å². The largest absolute Gasteiger partial charge is 0.481 e. The minimum absolute atomic E-state index is 0.0119. The molecule has 1 N–H and O–H groups in total. The number of aliphatic carboxylic acids is 1. The first-order valence-electron chi connectivity index (χ1n) is 6.45. The lowest BCUT2D eigenvalue weighted by molar-refractivity contribution is -0.136. The highest BCUT2D eigenvalue weighted by atomic mass is 32.1. The number of methoxy groups -OCH3 is 1. The number of rotatable bonds is 6. The van der Waals surface area contributed by atoms with Crippen LogP contribution in [0.15, 0.2) is 30.3 Å². The summed E-state index contributed by atoms with van der Waals surface area (Å²) in [4.78, 5) is 16.4. The molecule has 1 aromatic carbocycles. The molecule has 0 fully saturated rings. The predicted octanol–water partition coefficient (Wildman–Crippen LogP) is 3.53. The summed E-state index contributed by atoms with van der Waals surface area (Å²) in [6, 6.07) is 9.66. The number of hydrogen-bond acceptors (Lipinski definition) is 4. The van der Waals surface area contributed by atoms with E-state index in [1.807, 2.05) is 37.3 Å². The van der Waals surface area contributed by atoms with Crippen LogP contribution in [0.2, 0.25) is 0 Å². The van der Waals surface area contributed by atoms with Crippen molar-refractivity contribution in [2.75, 3.05) is 7.11 Å². The van der Waals surface area contributed by atoms with Crippen LogP contribution in [0.3, 0.4) is 0 Å². The molecule has 1 aromatic heterocycles. The van der Waals surface area contributed by atoms with E-state index in [9.17, 15) is 4.79 Å². The van der Waals surface area contributed by atoms with Gasteiger partial charge in [0.25, 0.3) is 0 Å². The van der Waals surface area contributed by atoms with Crippen molar-refractivity contribution in [2.45, 2.75) is 25.9 Å². The fraction of sp³-hybridized carbons (Fsp3) is 0.333. The molecule has 0 aliphatic rings. The average molecular weight is 291 g/mol. The third kappa shape index (κ3) is 3.23. The van der Waals surface area contributed by atoms with E-state index in [-0.39, 0.29) is 12.5 Å². The molecule has 2 aromatic rings. The number of hydrogen-bond donors (Lipinski definition) is 1. The number of nitrogens with zero attached hydrogens (tertiary/aromatic N) is 1. The molecule has 0 saturated carbocycles. The van der Waals surface area contributed by atoms with E-state index in [4.69, 9.17) is 9.84 Å². The van der Waals surface area contributed by atoms with Crippen LogP contribution >= 0.6 is 11.3 Å². The van der Waals surface area contributed by atoms with Gasteiger partial charge in [0.05, 0.1) is 12.1 Å². The third-order valence-corrected chi connectivity index (χ3v) is 4.15. The molecule has 0 radical (unpaired) electrons. The molecule has 5 heteroatoms. The Morgan fingerprint density at radius 3 is 2.65 bits per heavy atom. The summed E-state index contributed by atoms with van der Waals surface area (Å²) < 4.78 is 5.40. The smallest absolute Gasteiger partial charge is 0.308 e. The van der Waals surface area contributed by atoms with E-state index in [0.29, 0.717) is 0 Å². The number of thiazole rings is 1. The van der Waals surface area contributed by atoms with Crippen LogP contribution in [0.25, 0.3) is 11.3 Å². The average Bonchev–Trinajstić information content (AvgIpc) is 2.84. The summed E-state index contributed by atoms with van der Waals surface area (Å²) in [5.41, 5.74) is 1.70. The van der Waals surface area contributed by atoms with Gasteiger partial charge in [0.2, 0.25) is 0 Å². The highest BCUT2D eigenvalue weighted by Crippen LogP contribution is 2.33. The summed E-state index contributed by atoms with van der Waals surface area (Å²) in [7, 11) is 1.65. The first kappa shape index (κ1) is 14.7. The van der Waals surface area contributed by atoms with Crippen molar-refractivity contribution >= 4 is 17.3 Å². The van der Waals surface area contributed by atoms with Gasteiger partial charge in [-0.1, -0.05) is 37.3 Å². The van der Waals surface area contributed by atoms with Crippen LogP contribution < -0.4 is 0 Å². The number of benzene rings is 1. The molecule has 0 amide bonds. The number of ether oxygens (including phenoxy) is 1. The zero-order chi connectivity index (χ0) is 14.5. The maximum absolute atomic E-state index is 11.0. The Kier molecular flexibility index (Phi) is 4.87. The quantitative estimate of drug-likeness (QED) is 0.884. The van der Waals surface area contributed by atoms with Crippen LogP contribution in [-0.4, -0.2) is 23.2 Å². The van der Waals surface area contributed by atoms with Gasteiger partial charge in [0.15, 0.2) is 0 Å². The van der Waals surface area contributed by atoms with E-state index < -0.39 is 5.97 Å². The summed E-state index contributed by atoms with van der Waals surface area (Å²) in [6.07, 6.45) is 0.720. The Bertz CT molecular complexity index is 576. The Morgan fingerprint density at radius 2 is 2.10 bits per heavy atom. The molecule has 0 saturated heterocycles. The van der Waals surface area contributed by atoms with Crippen molar-refractivity contribution in [3.63, 3.8) is 0 Å². The fourth-order valence-corrected chi connectivity index (χ4v) is 3.27. The summed E-state index contributed by atoms with van der Waals surface area (Å²) in [5.74, 6) is -0.845. The van der Waals surface area contributed by atoms with Gasteiger partial charge in [0.1, 0.15) is 11.1 Å². The first-order valence-corrected chi connectivity index (χ1v) is 7.27. The predicted molar refractivity (Wildman–Crippen MR) is 78.9 cm³/mol. The molecule has 106 valence electrons. The van der Waals surface area contributed by atoms with Gasteiger partial charge < -0.3 is 9.84 Å². The molecule has 1 atom stereocenters. The Hall–Kier alpha value is -1.72. The van der Waals surface area contributed by atoms with E-state index in [0.717, 1.165) is 27.6 Å². The Morgan fingerprint density at radius 1 is 1.40 bits per heavy atom. The van der Waals surface area contributed by atoms with Gasteiger partial charge in [-0.2, -0.15) is 0 Å². The lowest BCUT2D eigenvalue weighted by atomic mass is 10.1. The molecule has 4 nitrogen and oxygen atoms in total. The fourth-order valence-electron chi connectivity index (χ4n) is 2.03. The maximum atomic E-state index is 11.0. The summed E-state index contributed by atoms with van der Waals surface area (Å²) in [6.45, 7) is 2.02. The Labute approximate surface area is 122 Å². The van der Waals surface area contributed by atoms with Gasteiger partial charge >= 0.3 is 5.97 Å². The van der Waals surface area contributed by atoms with Crippen molar-refractivity contribution in [1.82, 2.24) is 4.98 Å². The lowest BCUT2D eigenvalue weighted by Gasteiger charge is -2.08. The van der Waals surface area contributed by atoms with Crippen molar-refractivity contribution in [2.24, 2.45) is 0 Å². The normalized spacial score (nSPS) is 12.3. The standard InChI is InChI=1S/C15H17NO3S/c1-3-11(19-2)15-16-14(10-7-5-4-6-8-10)12(20-15)9-13(17)18/h4-8,11H,3,9H2,1-2H3,(H,17,18). The van der Waals surface area contributed by atoms with Gasteiger partial charge in [-0.05, 0) is 6.42 Å². The molecule has 0 bridgehead atoms. The van der Waals surface area contributed by atoms with E-state index in [1.54, 1.807) is 7.11 Å². The first-order chi connectivity index (χ1) is 9.65. The zero-order valence-corrected chi connectivity index (χ0v) is 12.3. The van der Waals surface area contributed by atoms with E-state index in [1.165, 1.54) is 11.3 Å². The van der Waals surface area contributed by atoms with Gasteiger partial charge in [-0.25, -0.2) is 4.98 Å². The second kappa shape index (κ2) is 6.63. The maximum Gasteiger partial charge on any atom is 0.308 e. The van der Waals surface area contributed by atoms with Gasteiger partial charge in [-0.3, -0.25) is 4.79 Å². The number of aromatic nitrogens is 1. The third-order valence-electron chi connectivity index (χ3n) is 3.00. The molecule has 0 spiro atoms. The van der Waals surface area contributed by atoms with Crippen molar-refractivity contribution in [3.8, 4) is 11.3 Å². The topological polar surface area (TPSA) is 59.4 Å². The Balaban J connectivity index is 2.45. The minimum atomic E-state index is -0.845. The SMILES string of the molecule is CCC(OC)c1nc(-c2ccccc2)c(CC(=O)O)s1. The van der Waals surface area contributed by atoms with Crippen molar-refractivity contribution in [3.05, 3.63) is 40.2 Å². The van der Waals surface area contributed by atoms with Crippen molar-refractivity contribution < 1.29 is 14.6 Å². The van der Waals surface area contributed by atoms with Gasteiger partial charge in [0, 0.05) is 17.6 Å². The van der Waals surface area contributed by atoms with Crippen LogP contribution in [-0.2, 0) is 16.0 Å². The number of carboxylic acids is 1. The zero-order valence-electron chi connectivity index (χ0n) is 11.5. The summed E-state index contributed by atoms with van der Waals surface area (Å²) >= 11 is 1.42. The molecular formula is C15H17NO3S. The van der Waals surface area contributed by atoms with Crippen LogP contribution in [0.4, 0.5) is 0 Å². The molecule has 0 aliphatic heterocycles.